The Kier molecular flexibility index (Phi) is 6.08. The van der Waals surface area contributed by atoms with Crippen molar-refractivity contribution in [3.05, 3.63) is 119 Å². The predicted molar refractivity (Wildman–Crippen MR) is 153 cm³/mol. The minimum absolute atomic E-state index is 0.113. The van der Waals surface area contributed by atoms with Gasteiger partial charge in [0.2, 0.25) is 0 Å². The van der Waals surface area contributed by atoms with Crippen LogP contribution in [0.3, 0.4) is 0 Å². The molecule has 0 aliphatic carbocycles. The number of nitrogens with one attached hydrogen (secondary N) is 1. The summed E-state index contributed by atoms with van der Waals surface area (Å²) in [5.41, 5.74) is 10.7. The summed E-state index contributed by atoms with van der Waals surface area (Å²) in [7, 11) is 0. The van der Waals surface area contributed by atoms with Crippen molar-refractivity contribution < 1.29 is 0 Å². The van der Waals surface area contributed by atoms with Gasteiger partial charge < -0.3 is 9.80 Å². The Balaban J connectivity index is 1.60. The molecule has 186 valence electrons. The van der Waals surface area contributed by atoms with E-state index in [0.29, 0.717) is 0 Å². The van der Waals surface area contributed by atoms with Gasteiger partial charge in [-0.15, -0.1) is 0 Å². The lowest BCUT2D eigenvalue weighted by Gasteiger charge is -2.40. The van der Waals surface area contributed by atoms with Gasteiger partial charge in [0.15, 0.2) is 5.66 Å². The molecule has 2 aliphatic rings. The van der Waals surface area contributed by atoms with Gasteiger partial charge in [0, 0.05) is 42.1 Å². The zero-order chi connectivity index (χ0) is 25.7. The highest BCUT2D eigenvalue weighted by molar-refractivity contribution is 5.75. The molecule has 0 radical (unpaired) electrons. The highest BCUT2D eigenvalue weighted by Gasteiger charge is 2.53. The van der Waals surface area contributed by atoms with Crippen molar-refractivity contribution in [3.63, 3.8) is 0 Å². The SMILES string of the molecule is C=C(c1ccccc1C)N1CCNC12C(=C)N(Cc1cccc(C(C)(C)C)c1)c1ccc(CC)cc12. The van der Waals surface area contributed by atoms with Crippen LogP contribution in [0.15, 0.2) is 85.6 Å². The summed E-state index contributed by atoms with van der Waals surface area (Å²) in [5, 5.41) is 3.88. The zero-order valence-electron chi connectivity index (χ0n) is 22.5. The van der Waals surface area contributed by atoms with Crippen LogP contribution in [0.4, 0.5) is 5.69 Å². The molecule has 3 aromatic carbocycles. The number of rotatable bonds is 5. The second-order valence-electron chi connectivity index (χ2n) is 11.2. The minimum Gasteiger partial charge on any atom is -0.343 e. The van der Waals surface area contributed by atoms with Crippen LogP contribution >= 0.6 is 0 Å². The minimum atomic E-state index is -0.498. The number of benzene rings is 3. The Morgan fingerprint density at radius 3 is 2.50 bits per heavy atom. The number of aryl methyl sites for hydroxylation is 2. The van der Waals surface area contributed by atoms with E-state index in [1.54, 1.807) is 0 Å². The topological polar surface area (TPSA) is 18.5 Å². The van der Waals surface area contributed by atoms with Crippen molar-refractivity contribution in [1.29, 1.82) is 0 Å². The lowest BCUT2D eigenvalue weighted by molar-refractivity contribution is 0.246. The molecule has 0 bridgehead atoms. The van der Waals surface area contributed by atoms with Crippen molar-refractivity contribution in [2.75, 3.05) is 18.0 Å². The molecule has 3 nitrogen and oxygen atoms in total. The van der Waals surface area contributed by atoms with E-state index < -0.39 is 5.66 Å². The van der Waals surface area contributed by atoms with Gasteiger partial charge in [-0.3, -0.25) is 5.32 Å². The molecule has 2 aliphatic heterocycles. The number of anilines is 1. The molecule has 1 unspecified atom stereocenters. The maximum atomic E-state index is 4.74. The summed E-state index contributed by atoms with van der Waals surface area (Å²) in [6.07, 6.45) is 1.00. The summed E-state index contributed by atoms with van der Waals surface area (Å²) in [5.74, 6) is 0. The fourth-order valence-electron chi connectivity index (χ4n) is 5.81. The summed E-state index contributed by atoms with van der Waals surface area (Å²) in [4.78, 5) is 4.86. The van der Waals surface area contributed by atoms with Gasteiger partial charge in [-0.2, -0.15) is 0 Å². The fourth-order valence-corrected chi connectivity index (χ4v) is 5.81. The van der Waals surface area contributed by atoms with Crippen LogP contribution < -0.4 is 10.2 Å². The van der Waals surface area contributed by atoms with E-state index in [9.17, 15) is 0 Å². The standard InChI is InChI=1S/C33H39N3/c1-8-26-16-17-31-30(21-26)33(34-18-19-36(33)24(3)29-15-10-9-12-23(29)2)25(4)35(31)22-27-13-11-14-28(20-27)32(5,6)7/h9-17,20-21,34H,3-4,8,18-19,22H2,1-2,5-7H3. The molecule has 3 aromatic rings. The average Bonchev–Trinajstić information content (AvgIpc) is 3.40. The van der Waals surface area contributed by atoms with E-state index in [4.69, 9.17) is 6.58 Å². The van der Waals surface area contributed by atoms with Crippen LogP contribution in [-0.2, 0) is 24.0 Å². The van der Waals surface area contributed by atoms with Crippen LogP contribution in [0.5, 0.6) is 0 Å². The van der Waals surface area contributed by atoms with Crippen molar-refractivity contribution >= 4 is 11.4 Å². The van der Waals surface area contributed by atoms with Gasteiger partial charge in [0.1, 0.15) is 0 Å². The molecule has 0 saturated carbocycles. The molecule has 36 heavy (non-hydrogen) atoms. The Labute approximate surface area is 217 Å². The van der Waals surface area contributed by atoms with Gasteiger partial charge in [-0.1, -0.05) is 95.5 Å². The Hall–Kier alpha value is -3.30. The molecule has 1 atom stereocenters. The molecule has 1 fully saturated rings. The normalized spacial score (nSPS) is 19.3. The number of hydrogen-bond donors (Lipinski definition) is 1. The van der Waals surface area contributed by atoms with Crippen LogP contribution in [0.25, 0.3) is 5.70 Å². The first-order valence-corrected chi connectivity index (χ1v) is 13.1. The monoisotopic (exact) mass is 477 g/mol. The van der Waals surface area contributed by atoms with Crippen LogP contribution in [0.2, 0.25) is 0 Å². The second kappa shape index (κ2) is 8.97. The smallest absolute Gasteiger partial charge is 0.160 e. The third-order valence-corrected chi connectivity index (χ3v) is 7.93. The summed E-state index contributed by atoms with van der Waals surface area (Å²) < 4.78 is 0. The summed E-state index contributed by atoms with van der Waals surface area (Å²) in [6, 6.07) is 24.5. The Bertz CT molecular complexity index is 1330. The molecule has 5 rings (SSSR count). The molecule has 1 N–H and O–H groups in total. The average molecular weight is 478 g/mol. The van der Waals surface area contributed by atoms with E-state index in [2.05, 4.69) is 123 Å². The molecule has 2 heterocycles. The number of hydrogen-bond acceptors (Lipinski definition) is 3. The Morgan fingerprint density at radius 2 is 1.78 bits per heavy atom. The molecule has 1 spiro atoms. The van der Waals surface area contributed by atoms with E-state index in [0.717, 1.165) is 37.4 Å². The molecule has 0 aromatic heterocycles. The first-order valence-electron chi connectivity index (χ1n) is 13.1. The van der Waals surface area contributed by atoms with Crippen molar-refractivity contribution in [1.82, 2.24) is 10.2 Å². The number of nitrogens with zero attached hydrogens (tertiary/aromatic N) is 2. The molecule has 0 amide bonds. The highest BCUT2D eigenvalue weighted by Crippen LogP contribution is 2.52. The largest absolute Gasteiger partial charge is 0.343 e. The molecule has 1 saturated heterocycles. The third kappa shape index (κ3) is 3.87. The first kappa shape index (κ1) is 24.4. The van der Waals surface area contributed by atoms with E-state index in [1.807, 2.05) is 0 Å². The van der Waals surface area contributed by atoms with E-state index in [1.165, 1.54) is 39.1 Å². The third-order valence-electron chi connectivity index (χ3n) is 7.93. The predicted octanol–water partition coefficient (Wildman–Crippen LogP) is 7.12. The zero-order valence-corrected chi connectivity index (χ0v) is 22.5. The van der Waals surface area contributed by atoms with Gasteiger partial charge >= 0.3 is 0 Å². The van der Waals surface area contributed by atoms with E-state index in [-0.39, 0.29) is 5.41 Å². The molecule has 3 heteroatoms. The molecular weight excluding hydrogens is 438 g/mol. The maximum Gasteiger partial charge on any atom is 0.160 e. The van der Waals surface area contributed by atoms with Gasteiger partial charge in [-0.25, -0.2) is 0 Å². The van der Waals surface area contributed by atoms with E-state index >= 15 is 0 Å². The lowest BCUT2D eigenvalue weighted by Crippen LogP contribution is -2.49. The van der Waals surface area contributed by atoms with Crippen LogP contribution in [0, 0.1) is 6.92 Å². The first-order chi connectivity index (χ1) is 17.2. The Morgan fingerprint density at radius 1 is 1.00 bits per heavy atom. The maximum absolute atomic E-state index is 4.74. The van der Waals surface area contributed by atoms with Gasteiger partial charge in [0.05, 0.1) is 5.70 Å². The number of fused-ring (bicyclic) bond motifs is 2. The molecular formula is C33H39N3. The van der Waals surface area contributed by atoms with Gasteiger partial charge in [0.25, 0.3) is 0 Å². The van der Waals surface area contributed by atoms with Crippen LogP contribution in [0.1, 0.15) is 61.1 Å². The summed E-state index contributed by atoms with van der Waals surface area (Å²) >= 11 is 0. The van der Waals surface area contributed by atoms with Crippen LogP contribution in [-0.4, -0.2) is 18.0 Å². The van der Waals surface area contributed by atoms with Gasteiger partial charge in [-0.05, 0) is 53.1 Å². The van der Waals surface area contributed by atoms with Crippen molar-refractivity contribution in [2.45, 2.75) is 58.7 Å². The second-order valence-corrected chi connectivity index (χ2v) is 11.2. The van der Waals surface area contributed by atoms with Crippen molar-refractivity contribution in [2.24, 2.45) is 0 Å². The lowest BCUT2D eigenvalue weighted by atomic mass is 9.86. The highest BCUT2D eigenvalue weighted by atomic mass is 15.4. The fraction of sp³-hybridized carbons (Fsp3) is 0.333. The quantitative estimate of drug-likeness (QED) is 0.422. The summed E-state index contributed by atoms with van der Waals surface area (Å²) in [6.45, 7) is 23.1. The van der Waals surface area contributed by atoms with Crippen molar-refractivity contribution in [3.8, 4) is 0 Å².